The van der Waals surface area contributed by atoms with Crippen LogP contribution in [0.3, 0.4) is 0 Å². The lowest BCUT2D eigenvalue weighted by atomic mass is 9.98. The van der Waals surface area contributed by atoms with Crippen LogP contribution in [-0.2, 0) is 9.53 Å². The van der Waals surface area contributed by atoms with E-state index in [4.69, 9.17) is 4.74 Å². The fourth-order valence-corrected chi connectivity index (χ4v) is 6.14. The van der Waals surface area contributed by atoms with Crippen molar-refractivity contribution in [3.05, 3.63) is 57.7 Å². The van der Waals surface area contributed by atoms with Gasteiger partial charge in [0.25, 0.3) is 11.8 Å². The average molecular weight is 581 g/mol. The van der Waals surface area contributed by atoms with E-state index in [0.717, 1.165) is 18.4 Å². The molecule has 198 valence electrons. The Morgan fingerprint density at radius 3 is 2.34 bits per heavy atom. The predicted octanol–water partition coefficient (Wildman–Crippen LogP) is 4.72. The SMILES string of the molecule is CC(C)(C)OC(=O)N1[C@H](C(=O)Nc2nc(Br)ccc2C2CC2)C[C@@]2(CN3C(=O)c4ccccc4C3=O)C[C@@H]12. The first kappa shape index (κ1) is 25.0. The molecule has 3 heterocycles. The zero-order valence-electron chi connectivity index (χ0n) is 21.5. The lowest BCUT2D eigenvalue weighted by Gasteiger charge is -2.30. The molecule has 9 nitrogen and oxygen atoms in total. The van der Waals surface area contributed by atoms with Crippen LogP contribution in [0.15, 0.2) is 41.0 Å². The summed E-state index contributed by atoms with van der Waals surface area (Å²) in [6.07, 6.45) is 2.43. The number of aromatic nitrogens is 1. The third kappa shape index (κ3) is 4.28. The van der Waals surface area contributed by atoms with E-state index in [-0.39, 0.29) is 30.3 Å². The Morgan fingerprint density at radius 1 is 1.08 bits per heavy atom. The zero-order chi connectivity index (χ0) is 27.0. The van der Waals surface area contributed by atoms with Gasteiger partial charge in [0.15, 0.2) is 0 Å². The minimum absolute atomic E-state index is 0.148. The van der Waals surface area contributed by atoms with Crippen LogP contribution >= 0.6 is 15.9 Å². The van der Waals surface area contributed by atoms with Crippen molar-refractivity contribution < 1.29 is 23.9 Å². The van der Waals surface area contributed by atoms with E-state index >= 15 is 0 Å². The fraction of sp³-hybridized carbons (Fsp3) is 0.464. The lowest BCUT2D eigenvalue weighted by Crippen LogP contribution is -2.47. The van der Waals surface area contributed by atoms with E-state index in [2.05, 4.69) is 26.2 Å². The smallest absolute Gasteiger partial charge is 0.411 e. The van der Waals surface area contributed by atoms with Gasteiger partial charge in [0, 0.05) is 18.0 Å². The van der Waals surface area contributed by atoms with Gasteiger partial charge in [-0.15, -0.1) is 0 Å². The number of piperidine rings is 1. The first-order valence-electron chi connectivity index (χ1n) is 12.9. The number of hydrogen-bond acceptors (Lipinski definition) is 6. The van der Waals surface area contributed by atoms with E-state index in [1.165, 1.54) is 9.80 Å². The largest absolute Gasteiger partial charge is 0.444 e. The standard InChI is InChI=1S/C28H29BrN4O5/c1-27(2,3)38-26(37)33-19(23(34)31-22-16(15-8-9-15)10-11-21(29)30-22)12-28(13-20(28)33)14-32-24(35)17-6-4-5-7-18(17)25(32)36/h4-7,10-11,15,19-20H,8-9,12-14H2,1-3H3,(H,30,31,34)/t19-,20+,28-/m0/s1. The molecule has 3 fully saturated rings. The fourth-order valence-electron chi connectivity index (χ4n) is 5.83. The number of likely N-dealkylation sites (tertiary alicyclic amines) is 1. The molecule has 1 aromatic carbocycles. The van der Waals surface area contributed by atoms with Crippen LogP contribution in [0, 0.1) is 5.41 Å². The molecule has 10 heteroatoms. The Kier molecular flexibility index (Phi) is 5.68. The third-order valence-corrected chi connectivity index (χ3v) is 8.27. The van der Waals surface area contributed by atoms with Gasteiger partial charge in [-0.3, -0.25) is 24.2 Å². The zero-order valence-corrected chi connectivity index (χ0v) is 23.1. The molecule has 1 aromatic heterocycles. The number of halogens is 1. The van der Waals surface area contributed by atoms with E-state index in [1.54, 1.807) is 45.0 Å². The van der Waals surface area contributed by atoms with Gasteiger partial charge in [-0.1, -0.05) is 18.2 Å². The summed E-state index contributed by atoms with van der Waals surface area (Å²) in [6, 6.07) is 9.47. The normalized spacial score (nSPS) is 25.8. The molecule has 38 heavy (non-hydrogen) atoms. The van der Waals surface area contributed by atoms with Crippen LogP contribution < -0.4 is 5.32 Å². The Balaban J connectivity index is 1.27. The highest BCUT2D eigenvalue weighted by atomic mass is 79.9. The number of nitrogens with zero attached hydrogens (tertiary/aromatic N) is 3. The number of ether oxygens (including phenoxy) is 1. The van der Waals surface area contributed by atoms with Gasteiger partial charge in [0.2, 0.25) is 5.91 Å². The van der Waals surface area contributed by atoms with Crippen molar-refractivity contribution in [2.75, 3.05) is 11.9 Å². The second-order valence-electron chi connectivity index (χ2n) is 11.8. The number of hydrogen-bond donors (Lipinski definition) is 1. The second kappa shape index (κ2) is 8.62. The number of amides is 4. The summed E-state index contributed by atoms with van der Waals surface area (Å²) < 4.78 is 6.29. The third-order valence-electron chi connectivity index (χ3n) is 7.83. The molecule has 4 amide bonds. The predicted molar refractivity (Wildman–Crippen MR) is 142 cm³/mol. The summed E-state index contributed by atoms with van der Waals surface area (Å²) in [5, 5.41) is 2.97. The highest BCUT2D eigenvalue weighted by molar-refractivity contribution is 9.10. The molecule has 2 aliphatic carbocycles. The summed E-state index contributed by atoms with van der Waals surface area (Å²) in [5.41, 5.74) is 0.447. The molecule has 2 aromatic rings. The molecular weight excluding hydrogens is 552 g/mol. The molecule has 6 rings (SSSR count). The van der Waals surface area contributed by atoms with Crippen molar-refractivity contribution in [1.29, 1.82) is 0 Å². The molecule has 1 N–H and O–H groups in total. The van der Waals surface area contributed by atoms with Gasteiger partial charge in [-0.2, -0.15) is 0 Å². The van der Waals surface area contributed by atoms with Crippen LogP contribution in [0.25, 0.3) is 0 Å². The summed E-state index contributed by atoms with van der Waals surface area (Å²) in [7, 11) is 0. The number of pyridine rings is 1. The Hall–Kier alpha value is -3.27. The van der Waals surface area contributed by atoms with E-state index in [1.807, 2.05) is 12.1 Å². The molecule has 0 bridgehead atoms. The number of carbonyl (C=O) groups is 4. The number of rotatable bonds is 5. The van der Waals surface area contributed by atoms with Crippen LogP contribution in [0.4, 0.5) is 10.6 Å². The van der Waals surface area contributed by atoms with E-state index in [0.29, 0.717) is 40.3 Å². The van der Waals surface area contributed by atoms with Gasteiger partial charge in [0.1, 0.15) is 22.1 Å². The molecule has 1 saturated heterocycles. The van der Waals surface area contributed by atoms with Crippen LogP contribution in [0.1, 0.15) is 78.7 Å². The Labute approximate surface area is 229 Å². The van der Waals surface area contributed by atoms with Crippen LogP contribution in [-0.4, -0.2) is 62.8 Å². The van der Waals surface area contributed by atoms with E-state index < -0.39 is 23.2 Å². The maximum atomic E-state index is 13.7. The van der Waals surface area contributed by atoms with Crippen molar-refractivity contribution in [3.8, 4) is 0 Å². The minimum Gasteiger partial charge on any atom is -0.444 e. The number of imide groups is 1. The monoisotopic (exact) mass is 580 g/mol. The highest BCUT2D eigenvalue weighted by Gasteiger charge is 2.69. The van der Waals surface area contributed by atoms with Crippen molar-refractivity contribution >= 4 is 45.6 Å². The number of benzene rings is 1. The summed E-state index contributed by atoms with van der Waals surface area (Å²) in [5.74, 6) is -0.169. The molecule has 2 aliphatic heterocycles. The van der Waals surface area contributed by atoms with Gasteiger partial charge in [-0.25, -0.2) is 9.78 Å². The topological polar surface area (TPSA) is 109 Å². The first-order valence-corrected chi connectivity index (χ1v) is 13.7. The Morgan fingerprint density at radius 2 is 1.74 bits per heavy atom. The molecular formula is C28H29BrN4O5. The maximum absolute atomic E-state index is 13.7. The number of carbonyl (C=O) groups excluding carboxylic acids is 4. The van der Waals surface area contributed by atoms with Gasteiger partial charge >= 0.3 is 6.09 Å². The molecule has 3 atom stereocenters. The second-order valence-corrected chi connectivity index (χ2v) is 12.6. The molecule has 4 aliphatic rings. The molecule has 2 saturated carbocycles. The average Bonchev–Trinajstić information content (AvgIpc) is 3.76. The van der Waals surface area contributed by atoms with Gasteiger partial charge < -0.3 is 10.1 Å². The van der Waals surface area contributed by atoms with Crippen LogP contribution in [0.5, 0.6) is 0 Å². The van der Waals surface area contributed by atoms with Crippen molar-refractivity contribution in [2.45, 2.75) is 70.1 Å². The number of anilines is 1. The van der Waals surface area contributed by atoms with Crippen molar-refractivity contribution in [3.63, 3.8) is 0 Å². The number of nitrogens with one attached hydrogen (secondary N) is 1. The maximum Gasteiger partial charge on any atom is 0.411 e. The van der Waals surface area contributed by atoms with Crippen molar-refractivity contribution in [1.82, 2.24) is 14.8 Å². The van der Waals surface area contributed by atoms with Crippen molar-refractivity contribution in [2.24, 2.45) is 5.41 Å². The van der Waals surface area contributed by atoms with Gasteiger partial charge in [0.05, 0.1) is 11.1 Å². The summed E-state index contributed by atoms with van der Waals surface area (Å²) in [4.78, 5) is 60.4. The lowest BCUT2D eigenvalue weighted by molar-refractivity contribution is -0.121. The molecule has 0 spiro atoms. The van der Waals surface area contributed by atoms with Gasteiger partial charge in [-0.05, 0) is 92.1 Å². The summed E-state index contributed by atoms with van der Waals surface area (Å²) in [6.45, 7) is 5.49. The molecule has 0 unspecified atom stereocenters. The highest BCUT2D eigenvalue weighted by Crippen LogP contribution is 2.60. The first-order chi connectivity index (χ1) is 18.0. The van der Waals surface area contributed by atoms with E-state index in [9.17, 15) is 19.2 Å². The number of fused-ring (bicyclic) bond motifs is 2. The summed E-state index contributed by atoms with van der Waals surface area (Å²) >= 11 is 3.39. The Bertz CT molecular complexity index is 1350. The molecule has 0 radical (unpaired) electrons. The van der Waals surface area contributed by atoms with Crippen LogP contribution in [0.2, 0.25) is 0 Å². The quantitative estimate of drug-likeness (QED) is 0.404. The minimum atomic E-state index is -0.813.